The molecule has 27 nitrogen and oxygen atoms in total. The topological polar surface area (TPSA) is 368 Å². The number of aliphatic hydroxyl groups excluding tert-OH is 6. The number of amides is 5. The van der Waals surface area contributed by atoms with Gasteiger partial charge in [-0.05, 0) is 110 Å². The van der Waals surface area contributed by atoms with Crippen LogP contribution in [-0.2, 0) is 52.1 Å². The van der Waals surface area contributed by atoms with Crippen LogP contribution < -0.4 is 26.6 Å². The van der Waals surface area contributed by atoms with Crippen LogP contribution in [0.15, 0.2) is 0 Å². The molecule has 0 aromatic heterocycles. The number of rotatable bonds is 16. The quantitative estimate of drug-likeness (QED) is 0.0455. The first kappa shape index (κ1) is 68.5. The van der Waals surface area contributed by atoms with Gasteiger partial charge < -0.3 is 109 Å². The minimum atomic E-state index is -1.89. The highest BCUT2D eigenvalue weighted by Crippen LogP contribution is 2.38. The summed E-state index contributed by atoms with van der Waals surface area (Å²) in [5.74, 6) is 0.0562. The molecule has 4 rings (SSSR count). The van der Waals surface area contributed by atoms with E-state index in [4.69, 9.17) is 52.1 Å². The fraction of sp³-hybridized carbons (Fsp3) is 0.898. The van der Waals surface area contributed by atoms with E-state index in [1.807, 2.05) is 0 Å². The van der Waals surface area contributed by atoms with E-state index in [-0.39, 0.29) is 17.3 Å². The van der Waals surface area contributed by atoms with Crippen molar-refractivity contribution in [1.29, 1.82) is 0 Å². The fourth-order valence-corrected chi connectivity index (χ4v) is 10.1. The number of hydrogen-bond donors (Lipinski definition) is 12. The number of thiol groups is 1. The molecule has 1 aliphatic carbocycles. The lowest BCUT2D eigenvalue weighted by Crippen LogP contribution is -2.69. The molecule has 19 unspecified atom stereocenters. The van der Waals surface area contributed by atoms with E-state index < -0.39 is 187 Å². The van der Waals surface area contributed by atoms with Gasteiger partial charge in [0, 0.05) is 28.8 Å². The minimum Gasteiger partial charge on any atom is -0.444 e. The molecule has 4 fully saturated rings. The molecule has 3 aliphatic heterocycles. The molecular formula is C49H86BrN5O22S2. The predicted octanol–water partition coefficient (Wildman–Crippen LogP) is 2.00. The highest BCUT2D eigenvalue weighted by atomic mass is 79.9. The van der Waals surface area contributed by atoms with Crippen LogP contribution in [0.2, 0.25) is 0 Å². The summed E-state index contributed by atoms with van der Waals surface area (Å²) >= 11 is 9.06. The highest BCUT2D eigenvalue weighted by Gasteiger charge is 2.57. The molecule has 79 heavy (non-hydrogen) atoms. The van der Waals surface area contributed by atoms with E-state index >= 15 is 0 Å². The van der Waals surface area contributed by atoms with E-state index in [1.54, 1.807) is 104 Å². The van der Waals surface area contributed by atoms with Gasteiger partial charge in [0.1, 0.15) is 101 Å². The number of carbonyl (C=O) groups excluding carboxylic acids is 5. The highest BCUT2D eigenvalue weighted by molar-refractivity contribution is 9.09. The standard InChI is InChI=1S/C49H86BrN5O22S2/c1-45(2,3)73-40(62)51-17-23-29(57)31(59)26(54-43(65)76-48(10,11)12)37(67-23)70-34-22(53-42(64)75-47(7,8)9)16-21(50)28(56)36(34)72-39-33(61)35(25(69-39)19-79-20-78)71-38-27(55-44(66)77-49(13,14)15)32(60)30(58)24(68-38)18-52-41(63)74-46(4,5)6/h21-39,56-61,78H,16-20H2,1-15H3,(H,51,62)(H,52,63)(H,53,64)(H,54,65)(H,55,66). The zero-order valence-electron chi connectivity index (χ0n) is 47.5. The second kappa shape index (κ2) is 28.1. The van der Waals surface area contributed by atoms with Crippen molar-refractivity contribution in [3.63, 3.8) is 0 Å². The minimum absolute atomic E-state index is 0.0562. The van der Waals surface area contributed by atoms with Crippen molar-refractivity contribution in [2.24, 2.45) is 0 Å². The maximum Gasteiger partial charge on any atom is 0.408 e. The Bertz CT molecular complexity index is 2020. The Balaban J connectivity index is 1.77. The molecule has 0 radical (unpaired) electrons. The summed E-state index contributed by atoms with van der Waals surface area (Å²) in [4.78, 5) is 64.8. The monoisotopic (exact) mass is 1240 g/mol. The van der Waals surface area contributed by atoms with Gasteiger partial charge in [-0.1, -0.05) is 15.9 Å². The van der Waals surface area contributed by atoms with Gasteiger partial charge in [0.05, 0.1) is 18.2 Å². The zero-order valence-corrected chi connectivity index (χ0v) is 50.8. The first-order valence-electron chi connectivity index (χ1n) is 25.9. The van der Waals surface area contributed by atoms with Gasteiger partial charge in [-0.15, -0.1) is 11.8 Å². The van der Waals surface area contributed by atoms with Gasteiger partial charge >= 0.3 is 30.5 Å². The largest absolute Gasteiger partial charge is 0.444 e. The van der Waals surface area contributed by atoms with Gasteiger partial charge in [-0.2, -0.15) is 12.6 Å². The van der Waals surface area contributed by atoms with Crippen molar-refractivity contribution >= 4 is 70.8 Å². The Morgan fingerprint density at radius 1 is 0.481 bits per heavy atom. The molecular weight excluding hydrogens is 1150 g/mol. The number of nitrogens with one attached hydrogen (secondary N) is 5. The summed E-state index contributed by atoms with van der Waals surface area (Å²) in [6.45, 7) is 23.4. The van der Waals surface area contributed by atoms with Crippen molar-refractivity contribution < 1.29 is 107 Å². The molecule has 1 saturated carbocycles. The maximum atomic E-state index is 13.6. The summed E-state index contributed by atoms with van der Waals surface area (Å²) in [6, 6.07) is -4.45. The molecule has 30 heteroatoms. The first-order chi connectivity index (χ1) is 36.2. The summed E-state index contributed by atoms with van der Waals surface area (Å²) in [5, 5.41) is 83.3. The number of aliphatic hydroxyl groups is 6. The third-order valence-corrected chi connectivity index (χ3v) is 13.8. The van der Waals surface area contributed by atoms with Crippen LogP contribution >= 0.6 is 40.3 Å². The third kappa shape index (κ3) is 21.6. The lowest BCUT2D eigenvalue weighted by atomic mass is 9.86. The van der Waals surface area contributed by atoms with E-state index in [1.165, 1.54) is 11.8 Å². The summed E-state index contributed by atoms with van der Waals surface area (Å²) in [5.41, 5.74) is -4.89. The normalized spacial score (nSPS) is 34.6. The zero-order chi connectivity index (χ0) is 59.9. The SMILES string of the molecule is CC(C)(C)OC(=O)NCC1OC(OC2C(CSCS)OC(OC3C(O)C(Br)CC(NC(=O)OC(C)(C)C)C3OC3OC(CNC(=O)OC(C)(C)C)C(O)C(O)C3NC(=O)OC(C)(C)C)C2O)C(NC(=O)OC(C)(C)C)C(O)C1O. The van der Waals surface area contributed by atoms with Gasteiger partial charge in [0.2, 0.25) is 0 Å². The molecule has 0 aromatic carbocycles. The molecule has 11 N–H and O–H groups in total. The molecule has 4 aliphatic rings. The van der Waals surface area contributed by atoms with Crippen LogP contribution in [0, 0.1) is 0 Å². The number of thioether (sulfide) groups is 1. The second-order valence-corrected chi connectivity index (χ2v) is 27.4. The van der Waals surface area contributed by atoms with Crippen molar-refractivity contribution in [2.45, 2.75) is 253 Å². The fourth-order valence-electron chi connectivity index (χ4n) is 8.45. The van der Waals surface area contributed by atoms with Crippen LogP contribution in [0.3, 0.4) is 0 Å². The van der Waals surface area contributed by atoms with E-state index in [2.05, 4.69) is 55.1 Å². The molecule has 0 aromatic rings. The molecule has 458 valence electrons. The Hall–Kier alpha value is -2.95. The number of alkyl halides is 1. The molecule has 3 heterocycles. The molecule has 19 atom stereocenters. The molecule has 0 spiro atoms. The van der Waals surface area contributed by atoms with Crippen molar-refractivity contribution in [3.8, 4) is 0 Å². The Kier molecular flexibility index (Phi) is 24.4. The van der Waals surface area contributed by atoms with Crippen LogP contribution in [0.25, 0.3) is 0 Å². The number of hydrogen-bond acceptors (Lipinski definition) is 24. The van der Waals surface area contributed by atoms with Gasteiger partial charge in [-0.3, -0.25) is 0 Å². The Morgan fingerprint density at radius 3 is 1.23 bits per heavy atom. The van der Waals surface area contributed by atoms with Gasteiger partial charge in [0.25, 0.3) is 0 Å². The number of ether oxygens (including phenoxy) is 11. The average molecular weight is 1240 g/mol. The van der Waals surface area contributed by atoms with Crippen LogP contribution in [-0.4, -0.2) is 228 Å². The maximum absolute atomic E-state index is 13.6. The van der Waals surface area contributed by atoms with Crippen molar-refractivity contribution in [1.82, 2.24) is 26.6 Å². The summed E-state index contributed by atoms with van der Waals surface area (Å²) in [7, 11) is 0. The number of carbonyl (C=O) groups is 5. The van der Waals surface area contributed by atoms with Crippen LogP contribution in [0.1, 0.15) is 110 Å². The first-order valence-corrected chi connectivity index (χ1v) is 28.6. The lowest BCUT2D eigenvalue weighted by Gasteiger charge is -2.48. The number of halogens is 1. The Labute approximate surface area is 479 Å². The second-order valence-electron chi connectivity index (χ2n) is 24.5. The third-order valence-electron chi connectivity index (χ3n) is 11.6. The van der Waals surface area contributed by atoms with Crippen molar-refractivity contribution in [3.05, 3.63) is 0 Å². The van der Waals surface area contributed by atoms with E-state index in [0.29, 0.717) is 0 Å². The Morgan fingerprint density at radius 2 is 0.835 bits per heavy atom. The van der Waals surface area contributed by atoms with E-state index in [9.17, 15) is 54.6 Å². The van der Waals surface area contributed by atoms with Crippen molar-refractivity contribution in [2.75, 3.05) is 23.9 Å². The molecule has 3 saturated heterocycles. The van der Waals surface area contributed by atoms with Gasteiger partial charge in [-0.25, -0.2) is 24.0 Å². The average Bonchev–Trinajstić information content (AvgIpc) is 3.57. The van der Waals surface area contributed by atoms with Crippen LogP contribution in [0.5, 0.6) is 0 Å². The predicted molar refractivity (Wildman–Crippen MR) is 288 cm³/mol. The van der Waals surface area contributed by atoms with Crippen LogP contribution in [0.4, 0.5) is 24.0 Å². The van der Waals surface area contributed by atoms with E-state index in [0.717, 1.165) is 0 Å². The number of alkyl carbamates (subject to hydrolysis) is 5. The summed E-state index contributed by atoms with van der Waals surface area (Å²) in [6.07, 6.45) is -29.5. The van der Waals surface area contributed by atoms with Gasteiger partial charge in [0.15, 0.2) is 18.9 Å². The molecule has 5 amide bonds. The summed E-state index contributed by atoms with van der Waals surface area (Å²) < 4.78 is 65.5. The molecule has 0 bridgehead atoms. The lowest BCUT2D eigenvalue weighted by molar-refractivity contribution is -0.308. The smallest absolute Gasteiger partial charge is 0.408 e.